The first-order valence-corrected chi connectivity index (χ1v) is 11.0. The van der Waals surface area contributed by atoms with Crippen molar-refractivity contribution in [2.24, 2.45) is 0 Å². The van der Waals surface area contributed by atoms with E-state index in [1.165, 1.54) is 0 Å². The number of unbranched alkanes of at least 4 members (excludes halogenated alkanes) is 4. The van der Waals surface area contributed by atoms with E-state index in [1.54, 1.807) is 0 Å². The molecule has 0 spiro atoms. The fourth-order valence-corrected chi connectivity index (χ4v) is 3.74. The first kappa shape index (κ1) is 27.3. The first-order chi connectivity index (χ1) is 15.2. The summed E-state index contributed by atoms with van der Waals surface area (Å²) in [5, 5.41) is 69.7. The number of aliphatic hydroxyl groups is 7. The number of hydrogen-bond donors (Lipinski definition) is 7. The summed E-state index contributed by atoms with van der Waals surface area (Å²) in [6.45, 7) is -0.0163. The number of hydrogen-bond acceptors (Lipinski definition) is 12. The van der Waals surface area contributed by atoms with Crippen molar-refractivity contribution >= 4 is 5.97 Å². The van der Waals surface area contributed by atoms with Crippen LogP contribution >= 0.6 is 0 Å². The second kappa shape index (κ2) is 12.5. The van der Waals surface area contributed by atoms with E-state index in [4.69, 9.17) is 18.9 Å². The minimum absolute atomic E-state index is 0.186. The van der Waals surface area contributed by atoms with Gasteiger partial charge in [-0.05, 0) is 6.42 Å². The zero-order valence-corrected chi connectivity index (χ0v) is 18.2. The normalized spacial score (nSPS) is 39.9. The summed E-state index contributed by atoms with van der Waals surface area (Å²) in [6.07, 6.45) is -7.98. The molecule has 2 heterocycles. The lowest BCUT2D eigenvalue weighted by molar-refractivity contribution is -0.383. The molecule has 2 fully saturated rings. The van der Waals surface area contributed by atoms with Crippen LogP contribution in [0.25, 0.3) is 0 Å². The Bertz CT molecular complexity index is 577. The number of carbonyl (C=O) groups is 1. The fourth-order valence-electron chi connectivity index (χ4n) is 3.74. The molecule has 32 heavy (non-hydrogen) atoms. The van der Waals surface area contributed by atoms with Gasteiger partial charge in [-0.1, -0.05) is 32.6 Å². The van der Waals surface area contributed by atoms with Crippen molar-refractivity contribution in [3.63, 3.8) is 0 Å². The van der Waals surface area contributed by atoms with Crippen molar-refractivity contribution < 1.29 is 59.5 Å². The molecule has 2 aliphatic heterocycles. The third kappa shape index (κ3) is 6.35. The van der Waals surface area contributed by atoms with E-state index in [-0.39, 0.29) is 6.42 Å². The second-order valence-electron chi connectivity index (χ2n) is 8.22. The predicted octanol–water partition coefficient (Wildman–Crippen LogP) is -2.48. The van der Waals surface area contributed by atoms with Crippen LogP contribution < -0.4 is 0 Å². The molecule has 0 radical (unpaired) electrons. The lowest BCUT2D eigenvalue weighted by Gasteiger charge is -2.43. The number of ether oxygens (including phenoxy) is 4. The summed E-state index contributed by atoms with van der Waals surface area (Å²) in [4.78, 5) is 11.9. The highest BCUT2D eigenvalue weighted by molar-refractivity contribution is 5.69. The summed E-state index contributed by atoms with van der Waals surface area (Å²) in [7, 11) is 0. The van der Waals surface area contributed by atoms with E-state index < -0.39 is 80.6 Å². The standard InChI is InChI=1S/C20H36O12/c1-2-3-4-5-6-7-13(23)29-9-12-14(24)16(26)17(27)19(30-12)32-20(10-22)18(28)15(25)11(8-21)31-20/h11-12,14-19,21-22,24-28H,2-10H2,1H3/t11-,12?,14-,15+,16+,17?,18?,19-,20+/m1/s1. The lowest BCUT2D eigenvalue weighted by atomic mass is 9.99. The van der Waals surface area contributed by atoms with Crippen molar-refractivity contribution in [3.8, 4) is 0 Å². The van der Waals surface area contributed by atoms with E-state index in [2.05, 4.69) is 6.92 Å². The Morgan fingerprint density at radius 1 is 0.906 bits per heavy atom. The Balaban J connectivity index is 1.96. The zero-order chi connectivity index (χ0) is 23.9. The highest BCUT2D eigenvalue weighted by Gasteiger charge is 2.58. The molecule has 188 valence electrons. The molecule has 0 aromatic rings. The van der Waals surface area contributed by atoms with Gasteiger partial charge in [0, 0.05) is 6.42 Å². The Hall–Kier alpha value is -0.930. The van der Waals surface area contributed by atoms with Crippen LogP contribution in [-0.2, 0) is 23.7 Å². The Labute approximate surface area is 186 Å². The van der Waals surface area contributed by atoms with Crippen molar-refractivity contribution in [2.75, 3.05) is 19.8 Å². The first-order valence-electron chi connectivity index (χ1n) is 11.0. The molecule has 2 saturated heterocycles. The quantitative estimate of drug-likeness (QED) is 0.118. The summed E-state index contributed by atoms with van der Waals surface area (Å²) in [5.41, 5.74) is 0. The van der Waals surface area contributed by atoms with Crippen LogP contribution in [0.4, 0.5) is 0 Å². The molecule has 12 nitrogen and oxygen atoms in total. The monoisotopic (exact) mass is 468 g/mol. The summed E-state index contributed by atoms with van der Waals surface area (Å²) in [5.74, 6) is -2.77. The van der Waals surface area contributed by atoms with E-state index in [9.17, 15) is 40.5 Å². The van der Waals surface area contributed by atoms with Crippen LogP contribution in [-0.4, -0.2) is 116 Å². The van der Waals surface area contributed by atoms with E-state index >= 15 is 0 Å². The molecule has 2 rings (SSSR count). The molecule has 0 aromatic heterocycles. The van der Waals surface area contributed by atoms with Crippen LogP contribution in [0.1, 0.15) is 45.4 Å². The Morgan fingerprint density at radius 2 is 1.59 bits per heavy atom. The Kier molecular flexibility index (Phi) is 10.7. The molecule has 12 heteroatoms. The Morgan fingerprint density at radius 3 is 2.19 bits per heavy atom. The minimum Gasteiger partial charge on any atom is -0.463 e. The third-order valence-corrected chi connectivity index (χ3v) is 5.78. The van der Waals surface area contributed by atoms with Gasteiger partial charge in [0.2, 0.25) is 5.79 Å². The maximum atomic E-state index is 11.9. The average Bonchev–Trinajstić information content (AvgIpc) is 3.03. The third-order valence-electron chi connectivity index (χ3n) is 5.78. The van der Waals surface area contributed by atoms with Gasteiger partial charge in [0.05, 0.1) is 6.61 Å². The highest BCUT2D eigenvalue weighted by Crippen LogP contribution is 2.36. The maximum Gasteiger partial charge on any atom is 0.305 e. The van der Waals surface area contributed by atoms with Crippen LogP contribution in [0.15, 0.2) is 0 Å². The molecule has 0 amide bonds. The molecule has 9 atom stereocenters. The average molecular weight is 468 g/mol. The molecule has 0 aliphatic carbocycles. The number of rotatable bonds is 12. The highest BCUT2D eigenvalue weighted by atomic mass is 16.8. The van der Waals surface area contributed by atoms with Gasteiger partial charge >= 0.3 is 5.97 Å². The summed E-state index contributed by atoms with van der Waals surface area (Å²) < 4.78 is 21.2. The molecule has 0 bridgehead atoms. The van der Waals surface area contributed by atoms with Crippen LogP contribution in [0.3, 0.4) is 0 Å². The van der Waals surface area contributed by atoms with E-state index in [0.29, 0.717) is 6.42 Å². The molecule has 2 aliphatic rings. The van der Waals surface area contributed by atoms with Crippen LogP contribution in [0.2, 0.25) is 0 Å². The number of carbonyl (C=O) groups excluding carboxylic acids is 1. The molecule has 7 N–H and O–H groups in total. The predicted molar refractivity (Wildman–Crippen MR) is 106 cm³/mol. The molecule has 0 saturated carbocycles. The van der Waals surface area contributed by atoms with Crippen molar-refractivity contribution in [2.45, 2.75) is 100 Å². The second-order valence-corrected chi connectivity index (χ2v) is 8.22. The molecular weight excluding hydrogens is 432 g/mol. The van der Waals surface area contributed by atoms with Crippen LogP contribution in [0.5, 0.6) is 0 Å². The van der Waals surface area contributed by atoms with Gasteiger partial charge in [0.15, 0.2) is 6.29 Å². The van der Waals surface area contributed by atoms with Gasteiger partial charge in [-0.3, -0.25) is 4.79 Å². The van der Waals surface area contributed by atoms with Crippen molar-refractivity contribution in [3.05, 3.63) is 0 Å². The minimum atomic E-state index is -2.26. The largest absolute Gasteiger partial charge is 0.463 e. The SMILES string of the molecule is CCCCCCCC(=O)OCC1O[C@H](O[C@]2(CO)O[C@H](CO)[C@H](O)C2O)C(O)[C@@H](O)[C@@H]1O. The number of esters is 1. The van der Waals surface area contributed by atoms with Gasteiger partial charge in [-0.15, -0.1) is 0 Å². The maximum absolute atomic E-state index is 11.9. The zero-order valence-electron chi connectivity index (χ0n) is 18.2. The number of aliphatic hydroxyl groups excluding tert-OH is 7. The van der Waals surface area contributed by atoms with Crippen LogP contribution in [0, 0.1) is 0 Å². The van der Waals surface area contributed by atoms with E-state index in [1.807, 2.05) is 0 Å². The topological polar surface area (TPSA) is 196 Å². The van der Waals surface area contributed by atoms with Gasteiger partial charge in [-0.2, -0.15) is 0 Å². The summed E-state index contributed by atoms with van der Waals surface area (Å²) in [6, 6.07) is 0. The van der Waals surface area contributed by atoms with Crippen molar-refractivity contribution in [1.82, 2.24) is 0 Å². The molecular formula is C20H36O12. The lowest BCUT2D eigenvalue weighted by Crippen LogP contribution is -2.62. The van der Waals surface area contributed by atoms with Gasteiger partial charge in [0.1, 0.15) is 55.9 Å². The smallest absolute Gasteiger partial charge is 0.305 e. The van der Waals surface area contributed by atoms with Crippen molar-refractivity contribution in [1.29, 1.82) is 0 Å². The van der Waals surface area contributed by atoms with Gasteiger partial charge < -0.3 is 54.7 Å². The molecule has 0 aromatic carbocycles. The van der Waals surface area contributed by atoms with Gasteiger partial charge in [-0.25, -0.2) is 0 Å². The fraction of sp³-hybridized carbons (Fsp3) is 0.950. The van der Waals surface area contributed by atoms with Gasteiger partial charge in [0.25, 0.3) is 0 Å². The van der Waals surface area contributed by atoms with E-state index in [0.717, 1.165) is 25.7 Å². The molecule has 3 unspecified atom stereocenters. The summed E-state index contributed by atoms with van der Waals surface area (Å²) >= 11 is 0.